The van der Waals surface area contributed by atoms with Crippen LogP contribution in [0, 0.1) is 0 Å². The fraction of sp³-hybridized carbons (Fsp3) is 0.286. The number of aromatic nitrogens is 3. The van der Waals surface area contributed by atoms with Crippen molar-refractivity contribution < 1.29 is 0 Å². The summed E-state index contributed by atoms with van der Waals surface area (Å²) in [5.74, 6) is 0.626. The van der Waals surface area contributed by atoms with Crippen molar-refractivity contribution >= 4 is 0 Å². The highest BCUT2D eigenvalue weighted by Crippen LogP contribution is 2.20. The molecule has 0 spiro atoms. The highest BCUT2D eigenvalue weighted by atomic mass is 16.1. The molecule has 26 heavy (non-hydrogen) atoms. The molecule has 0 bridgehead atoms. The molecule has 132 valence electrons. The molecule has 0 aliphatic carbocycles. The van der Waals surface area contributed by atoms with Crippen molar-refractivity contribution in [3.63, 3.8) is 0 Å². The van der Waals surface area contributed by atoms with Crippen LogP contribution in [0.1, 0.15) is 29.3 Å². The summed E-state index contributed by atoms with van der Waals surface area (Å²) < 4.78 is 0. The van der Waals surface area contributed by atoms with Gasteiger partial charge in [0.2, 0.25) is 0 Å². The average molecular weight is 346 g/mol. The third kappa shape index (κ3) is 3.30. The molecule has 0 fully saturated rings. The molecule has 1 aliphatic heterocycles. The molecule has 1 N–H and O–H groups in total. The van der Waals surface area contributed by atoms with E-state index >= 15 is 0 Å². The zero-order chi connectivity index (χ0) is 17.9. The molecule has 3 heterocycles. The molecule has 0 saturated heterocycles. The van der Waals surface area contributed by atoms with E-state index in [2.05, 4.69) is 46.1 Å². The largest absolute Gasteiger partial charge is 0.306 e. The van der Waals surface area contributed by atoms with Crippen molar-refractivity contribution in [2.45, 2.75) is 32.9 Å². The lowest BCUT2D eigenvalue weighted by atomic mass is 10.0. The quantitative estimate of drug-likeness (QED) is 0.789. The van der Waals surface area contributed by atoms with Crippen LogP contribution in [0.5, 0.6) is 0 Å². The number of H-pyrrole nitrogens is 1. The zero-order valence-electron chi connectivity index (χ0n) is 14.9. The van der Waals surface area contributed by atoms with E-state index in [1.165, 1.54) is 11.1 Å². The predicted octanol–water partition coefficient (Wildman–Crippen LogP) is 2.95. The van der Waals surface area contributed by atoms with Gasteiger partial charge in [-0.3, -0.25) is 14.7 Å². The lowest BCUT2D eigenvalue weighted by Crippen LogP contribution is -2.35. The summed E-state index contributed by atoms with van der Waals surface area (Å²) in [6.45, 7) is 4.61. The maximum atomic E-state index is 12.6. The van der Waals surface area contributed by atoms with Crippen LogP contribution in [0.3, 0.4) is 0 Å². The molecule has 0 saturated carbocycles. The molecule has 0 atom stereocenters. The second-order valence-electron chi connectivity index (χ2n) is 6.66. The van der Waals surface area contributed by atoms with Gasteiger partial charge in [-0.1, -0.05) is 31.2 Å². The summed E-state index contributed by atoms with van der Waals surface area (Å²) in [7, 11) is 0. The minimum Gasteiger partial charge on any atom is -0.306 e. The van der Waals surface area contributed by atoms with Gasteiger partial charge in [-0.05, 0) is 29.7 Å². The SMILES string of the molecule is CCc1ccccc1CN1CCc2nc(-c3ccncc3)[nH]c(=O)c2C1. The number of fused-ring (bicyclic) bond motifs is 1. The van der Waals surface area contributed by atoms with Crippen molar-refractivity contribution in [3.05, 3.63) is 81.5 Å². The molecule has 2 aromatic heterocycles. The molecule has 1 aromatic carbocycles. The van der Waals surface area contributed by atoms with Crippen LogP contribution in [0.15, 0.2) is 53.6 Å². The van der Waals surface area contributed by atoms with Crippen molar-refractivity contribution in [1.82, 2.24) is 19.9 Å². The first kappa shape index (κ1) is 16.7. The molecule has 5 heteroatoms. The Balaban J connectivity index is 1.59. The van der Waals surface area contributed by atoms with Crippen molar-refractivity contribution in [1.29, 1.82) is 0 Å². The molecule has 0 radical (unpaired) electrons. The smallest absolute Gasteiger partial charge is 0.255 e. The highest BCUT2D eigenvalue weighted by Gasteiger charge is 2.22. The molecule has 0 unspecified atom stereocenters. The van der Waals surface area contributed by atoms with E-state index in [1.807, 2.05) is 12.1 Å². The van der Waals surface area contributed by atoms with Crippen LogP contribution in [-0.4, -0.2) is 26.4 Å². The second kappa shape index (κ2) is 7.22. The molecular formula is C21H22N4O. The van der Waals surface area contributed by atoms with Gasteiger partial charge < -0.3 is 4.98 Å². The Hall–Kier alpha value is -2.79. The second-order valence-corrected chi connectivity index (χ2v) is 6.66. The van der Waals surface area contributed by atoms with E-state index in [0.717, 1.165) is 42.8 Å². The number of rotatable bonds is 4. The van der Waals surface area contributed by atoms with Crippen LogP contribution in [0.25, 0.3) is 11.4 Å². The monoisotopic (exact) mass is 346 g/mol. The topological polar surface area (TPSA) is 61.9 Å². The highest BCUT2D eigenvalue weighted by molar-refractivity contribution is 5.54. The maximum absolute atomic E-state index is 12.6. The molecule has 1 aliphatic rings. The van der Waals surface area contributed by atoms with Gasteiger partial charge in [0.25, 0.3) is 5.56 Å². The summed E-state index contributed by atoms with van der Waals surface area (Å²) in [5, 5.41) is 0. The van der Waals surface area contributed by atoms with Crippen molar-refractivity contribution in [3.8, 4) is 11.4 Å². The Kier molecular flexibility index (Phi) is 4.63. The first-order valence-electron chi connectivity index (χ1n) is 9.06. The first-order valence-corrected chi connectivity index (χ1v) is 9.06. The van der Waals surface area contributed by atoms with E-state index in [1.54, 1.807) is 12.4 Å². The number of hydrogen-bond donors (Lipinski definition) is 1. The number of nitrogens with one attached hydrogen (secondary N) is 1. The Morgan fingerprint density at radius 2 is 1.88 bits per heavy atom. The van der Waals surface area contributed by atoms with Gasteiger partial charge in [0.15, 0.2) is 0 Å². The third-order valence-corrected chi connectivity index (χ3v) is 4.99. The lowest BCUT2D eigenvalue weighted by Gasteiger charge is -2.28. The Bertz CT molecular complexity index is 965. The predicted molar refractivity (Wildman–Crippen MR) is 102 cm³/mol. The number of nitrogens with zero attached hydrogens (tertiary/aromatic N) is 3. The normalized spacial score (nSPS) is 14.2. The van der Waals surface area contributed by atoms with Crippen LogP contribution in [0.4, 0.5) is 0 Å². The summed E-state index contributed by atoms with van der Waals surface area (Å²) in [6, 6.07) is 12.3. The van der Waals surface area contributed by atoms with E-state index in [-0.39, 0.29) is 5.56 Å². The zero-order valence-corrected chi connectivity index (χ0v) is 14.9. The van der Waals surface area contributed by atoms with Gasteiger partial charge in [-0.25, -0.2) is 4.98 Å². The van der Waals surface area contributed by atoms with Gasteiger partial charge in [0, 0.05) is 44.0 Å². The minimum absolute atomic E-state index is 0.0321. The van der Waals surface area contributed by atoms with E-state index < -0.39 is 0 Å². The molecule has 5 nitrogen and oxygen atoms in total. The molecule has 0 amide bonds. The molecule has 3 aromatic rings. The van der Waals surface area contributed by atoms with E-state index in [9.17, 15) is 4.79 Å². The number of hydrogen-bond acceptors (Lipinski definition) is 4. The van der Waals surface area contributed by atoms with Gasteiger partial charge in [0.1, 0.15) is 5.82 Å². The van der Waals surface area contributed by atoms with Crippen LogP contribution in [0.2, 0.25) is 0 Å². The Morgan fingerprint density at radius 1 is 1.12 bits per heavy atom. The lowest BCUT2D eigenvalue weighted by molar-refractivity contribution is 0.241. The standard InChI is InChI=1S/C21H22N4O/c1-2-15-5-3-4-6-17(15)13-25-12-9-19-18(14-25)21(26)24-20(23-19)16-7-10-22-11-8-16/h3-8,10-11H,2,9,12-14H2,1H3,(H,23,24,26). The van der Waals surface area contributed by atoms with E-state index in [0.29, 0.717) is 12.4 Å². The van der Waals surface area contributed by atoms with Crippen molar-refractivity contribution in [2.75, 3.05) is 6.54 Å². The first-order chi connectivity index (χ1) is 12.7. The van der Waals surface area contributed by atoms with Crippen LogP contribution < -0.4 is 5.56 Å². The Morgan fingerprint density at radius 3 is 2.65 bits per heavy atom. The summed E-state index contributed by atoms with van der Waals surface area (Å²) in [4.78, 5) is 26.6. The number of aryl methyl sites for hydroxylation is 1. The van der Waals surface area contributed by atoms with Gasteiger partial charge >= 0.3 is 0 Å². The fourth-order valence-electron chi connectivity index (χ4n) is 3.56. The van der Waals surface area contributed by atoms with Crippen LogP contribution >= 0.6 is 0 Å². The van der Waals surface area contributed by atoms with Crippen molar-refractivity contribution in [2.24, 2.45) is 0 Å². The third-order valence-electron chi connectivity index (χ3n) is 4.99. The number of pyridine rings is 1. The Labute approximate surface area is 152 Å². The van der Waals surface area contributed by atoms with Crippen LogP contribution in [-0.2, 0) is 25.9 Å². The van der Waals surface area contributed by atoms with Gasteiger partial charge in [-0.15, -0.1) is 0 Å². The number of benzene rings is 1. The van der Waals surface area contributed by atoms with Gasteiger partial charge in [-0.2, -0.15) is 0 Å². The fourth-order valence-corrected chi connectivity index (χ4v) is 3.56. The number of aromatic amines is 1. The average Bonchev–Trinajstić information content (AvgIpc) is 2.69. The molecular weight excluding hydrogens is 324 g/mol. The summed E-state index contributed by atoms with van der Waals surface area (Å²) in [5.41, 5.74) is 5.28. The maximum Gasteiger partial charge on any atom is 0.255 e. The summed E-state index contributed by atoms with van der Waals surface area (Å²) in [6.07, 6.45) is 5.24. The molecule has 4 rings (SSSR count). The van der Waals surface area contributed by atoms with Gasteiger partial charge in [0.05, 0.1) is 11.3 Å². The summed E-state index contributed by atoms with van der Waals surface area (Å²) >= 11 is 0. The minimum atomic E-state index is -0.0321. The van der Waals surface area contributed by atoms with E-state index in [4.69, 9.17) is 4.98 Å².